The Morgan fingerprint density at radius 1 is 0.881 bits per heavy atom. The first-order valence-electron chi connectivity index (χ1n) is 13.6. The smallest absolute Gasteiger partial charge is 0.247 e. The lowest BCUT2D eigenvalue weighted by Gasteiger charge is -2.32. The molecule has 1 atom stereocenters. The van der Waals surface area contributed by atoms with Crippen molar-refractivity contribution in [2.45, 2.75) is 43.8 Å². The van der Waals surface area contributed by atoms with Gasteiger partial charge in [-0.3, -0.25) is 14.6 Å². The van der Waals surface area contributed by atoms with E-state index in [0.717, 1.165) is 5.56 Å². The molecule has 0 bridgehead atoms. The molecule has 0 saturated heterocycles. The highest BCUT2D eigenvalue weighted by molar-refractivity contribution is 7.89. The molecule has 0 radical (unpaired) electrons. The number of carbonyl (C=O) groups is 2. The summed E-state index contributed by atoms with van der Waals surface area (Å²) in [4.78, 5) is 33.5. The van der Waals surface area contributed by atoms with Crippen molar-refractivity contribution >= 4 is 21.8 Å². The fourth-order valence-corrected chi connectivity index (χ4v) is 5.54. The zero-order valence-electron chi connectivity index (χ0n) is 23.2. The average Bonchev–Trinajstić information content (AvgIpc) is 3.01. The maximum absolute atomic E-state index is 13.8. The number of hydrogen-bond acceptors (Lipinski definition) is 5. The molecule has 0 aliphatic carbocycles. The number of halogens is 1. The van der Waals surface area contributed by atoms with E-state index in [1.165, 1.54) is 29.2 Å². The SMILES string of the molecule is CCNS(=O)(=O)c1ccc(CCC(=O)N(Cc2ccc(F)cc2)[C@H](C(=O)NCc2ccccn2)c2ccccc2)cc1. The summed E-state index contributed by atoms with van der Waals surface area (Å²) >= 11 is 0. The summed E-state index contributed by atoms with van der Waals surface area (Å²) in [7, 11) is -3.59. The molecule has 2 N–H and O–H groups in total. The zero-order chi connectivity index (χ0) is 30.0. The fourth-order valence-electron chi connectivity index (χ4n) is 4.50. The van der Waals surface area contributed by atoms with Crippen LogP contribution < -0.4 is 10.0 Å². The summed E-state index contributed by atoms with van der Waals surface area (Å²) < 4.78 is 40.7. The van der Waals surface area contributed by atoms with E-state index in [9.17, 15) is 22.4 Å². The van der Waals surface area contributed by atoms with E-state index in [4.69, 9.17) is 0 Å². The number of carbonyl (C=O) groups excluding carboxylic acids is 2. The minimum Gasteiger partial charge on any atom is -0.348 e. The number of nitrogens with one attached hydrogen (secondary N) is 2. The number of hydrogen-bond donors (Lipinski definition) is 2. The van der Waals surface area contributed by atoms with Crippen molar-refractivity contribution in [2.75, 3.05) is 6.54 Å². The monoisotopic (exact) mass is 588 g/mol. The molecule has 3 aromatic carbocycles. The van der Waals surface area contributed by atoms with E-state index < -0.39 is 21.9 Å². The maximum atomic E-state index is 13.8. The van der Waals surface area contributed by atoms with Gasteiger partial charge in [0.2, 0.25) is 21.8 Å². The van der Waals surface area contributed by atoms with Crippen molar-refractivity contribution in [1.82, 2.24) is 19.9 Å². The van der Waals surface area contributed by atoms with Crippen LogP contribution in [-0.4, -0.2) is 36.7 Å². The number of aryl methyl sites for hydroxylation is 1. The van der Waals surface area contributed by atoms with E-state index in [2.05, 4.69) is 15.0 Å². The van der Waals surface area contributed by atoms with Crippen LogP contribution in [0, 0.1) is 5.82 Å². The Kier molecular flexibility index (Phi) is 10.5. The Labute approximate surface area is 245 Å². The molecule has 0 spiro atoms. The van der Waals surface area contributed by atoms with Crippen LogP contribution in [0.15, 0.2) is 108 Å². The van der Waals surface area contributed by atoms with Gasteiger partial charge in [0, 0.05) is 25.7 Å². The third-order valence-corrected chi connectivity index (χ3v) is 8.19. The summed E-state index contributed by atoms with van der Waals surface area (Å²) in [6, 6.07) is 25.7. The second kappa shape index (κ2) is 14.5. The van der Waals surface area contributed by atoms with E-state index in [-0.39, 0.29) is 42.8 Å². The topological polar surface area (TPSA) is 108 Å². The fraction of sp³-hybridized carbons (Fsp3) is 0.219. The molecule has 8 nitrogen and oxygen atoms in total. The predicted octanol–water partition coefficient (Wildman–Crippen LogP) is 4.54. The van der Waals surface area contributed by atoms with E-state index in [1.807, 2.05) is 12.1 Å². The summed E-state index contributed by atoms with van der Waals surface area (Å²) in [6.07, 6.45) is 2.04. The third kappa shape index (κ3) is 8.31. The Hall–Kier alpha value is -4.41. The second-order valence-corrected chi connectivity index (χ2v) is 11.4. The molecule has 4 rings (SSSR count). The summed E-state index contributed by atoms with van der Waals surface area (Å²) in [6.45, 7) is 2.25. The van der Waals surface area contributed by atoms with Crippen LogP contribution in [-0.2, 0) is 39.1 Å². The van der Waals surface area contributed by atoms with Crippen molar-refractivity contribution in [3.63, 3.8) is 0 Å². The minimum atomic E-state index is -3.59. The van der Waals surface area contributed by atoms with E-state index in [0.29, 0.717) is 23.2 Å². The lowest BCUT2D eigenvalue weighted by atomic mass is 10.0. The highest BCUT2D eigenvalue weighted by Crippen LogP contribution is 2.25. The molecule has 4 aromatic rings. The molecule has 0 aliphatic heterocycles. The molecule has 10 heteroatoms. The van der Waals surface area contributed by atoms with Crippen LogP contribution in [0.4, 0.5) is 4.39 Å². The molecule has 1 heterocycles. The normalized spacial score (nSPS) is 12.0. The Bertz CT molecular complexity index is 1570. The second-order valence-electron chi connectivity index (χ2n) is 9.65. The molecular weight excluding hydrogens is 555 g/mol. The lowest BCUT2D eigenvalue weighted by Crippen LogP contribution is -2.43. The Morgan fingerprint density at radius 2 is 1.55 bits per heavy atom. The van der Waals surface area contributed by atoms with Crippen LogP contribution in [0.5, 0.6) is 0 Å². The highest BCUT2D eigenvalue weighted by Gasteiger charge is 2.31. The van der Waals surface area contributed by atoms with E-state index in [1.54, 1.807) is 73.8 Å². The van der Waals surface area contributed by atoms with Crippen LogP contribution in [0.3, 0.4) is 0 Å². The number of rotatable bonds is 13. The molecule has 0 saturated carbocycles. The van der Waals surface area contributed by atoms with Crippen LogP contribution >= 0.6 is 0 Å². The van der Waals surface area contributed by atoms with Gasteiger partial charge in [-0.25, -0.2) is 17.5 Å². The summed E-state index contributed by atoms with van der Waals surface area (Å²) in [5.41, 5.74) is 2.75. The van der Waals surface area contributed by atoms with Gasteiger partial charge in [0.1, 0.15) is 11.9 Å². The molecule has 42 heavy (non-hydrogen) atoms. The third-order valence-electron chi connectivity index (χ3n) is 6.63. The van der Waals surface area contributed by atoms with Crippen molar-refractivity contribution in [2.24, 2.45) is 0 Å². The van der Waals surface area contributed by atoms with Crippen LogP contribution in [0.1, 0.15) is 41.8 Å². The van der Waals surface area contributed by atoms with Crippen LogP contribution in [0.2, 0.25) is 0 Å². The highest BCUT2D eigenvalue weighted by atomic mass is 32.2. The summed E-state index contributed by atoms with van der Waals surface area (Å²) in [5, 5.41) is 2.91. The first-order chi connectivity index (χ1) is 20.3. The van der Waals surface area contributed by atoms with Gasteiger partial charge < -0.3 is 10.2 Å². The number of amides is 2. The van der Waals surface area contributed by atoms with Gasteiger partial charge in [-0.1, -0.05) is 67.6 Å². The van der Waals surface area contributed by atoms with Gasteiger partial charge in [-0.15, -0.1) is 0 Å². The van der Waals surface area contributed by atoms with Gasteiger partial charge in [0.15, 0.2) is 0 Å². The molecule has 0 fully saturated rings. The maximum Gasteiger partial charge on any atom is 0.247 e. The minimum absolute atomic E-state index is 0.0668. The van der Waals surface area contributed by atoms with Gasteiger partial charge in [-0.2, -0.15) is 0 Å². The van der Waals surface area contributed by atoms with Gasteiger partial charge in [0.05, 0.1) is 17.1 Å². The molecule has 2 amide bonds. The Balaban J connectivity index is 1.59. The number of sulfonamides is 1. The standard InChI is InChI=1S/C32H33FN4O4S/c1-2-36-42(40,41)29-18-13-24(14-19-29)15-20-30(38)37(23-25-11-16-27(33)17-12-25)31(26-8-4-3-5-9-26)32(39)35-22-28-10-6-7-21-34-28/h3-14,16-19,21,31,36H,2,15,20,22-23H2,1H3,(H,35,39)/t31-/m0/s1. The quantitative estimate of drug-likeness (QED) is 0.239. The first-order valence-corrected chi connectivity index (χ1v) is 15.1. The molecule has 0 unspecified atom stereocenters. The summed E-state index contributed by atoms with van der Waals surface area (Å²) in [5.74, 6) is -1.06. The van der Waals surface area contributed by atoms with Crippen LogP contribution in [0.25, 0.3) is 0 Å². The first kappa shape index (κ1) is 30.5. The van der Waals surface area contributed by atoms with Gasteiger partial charge in [0.25, 0.3) is 0 Å². The number of benzene rings is 3. The molecule has 0 aliphatic rings. The molecule has 218 valence electrons. The van der Waals surface area contributed by atoms with Gasteiger partial charge >= 0.3 is 0 Å². The molecule has 1 aromatic heterocycles. The largest absolute Gasteiger partial charge is 0.348 e. The van der Waals surface area contributed by atoms with Crippen molar-refractivity contribution in [1.29, 1.82) is 0 Å². The predicted molar refractivity (Wildman–Crippen MR) is 158 cm³/mol. The number of nitrogens with zero attached hydrogens (tertiary/aromatic N) is 2. The Morgan fingerprint density at radius 3 is 2.19 bits per heavy atom. The van der Waals surface area contributed by atoms with Gasteiger partial charge in [-0.05, 0) is 59.5 Å². The van der Waals surface area contributed by atoms with Crippen molar-refractivity contribution in [3.05, 3.63) is 131 Å². The number of aromatic nitrogens is 1. The molecular formula is C32H33FN4O4S. The van der Waals surface area contributed by atoms with Crippen molar-refractivity contribution < 1.29 is 22.4 Å². The zero-order valence-corrected chi connectivity index (χ0v) is 24.1. The lowest BCUT2D eigenvalue weighted by molar-refractivity contribution is -0.141. The van der Waals surface area contributed by atoms with E-state index >= 15 is 0 Å². The number of pyridine rings is 1. The average molecular weight is 589 g/mol. The van der Waals surface area contributed by atoms with Crippen molar-refractivity contribution in [3.8, 4) is 0 Å².